The van der Waals surface area contributed by atoms with Crippen molar-refractivity contribution >= 4 is 53.1 Å². The molecule has 0 amide bonds. The highest BCUT2D eigenvalue weighted by atomic mass is 127. The first-order chi connectivity index (χ1) is 10.0. The largest absolute Gasteiger partial charge is 0.380 e. The first-order valence-corrected chi connectivity index (χ1v) is 7.82. The van der Waals surface area contributed by atoms with Gasteiger partial charge in [0.2, 0.25) is 0 Å². The summed E-state index contributed by atoms with van der Waals surface area (Å²) in [5.41, 5.74) is 1.16. The van der Waals surface area contributed by atoms with Gasteiger partial charge in [-0.15, -0.1) is 24.0 Å². The highest BCUT2D eigenvalue weighted by molar-refractivity contribution is 14.0. The molecular formula is C15H22Cl2IN3O. The highest BCUT2D eigenvalue weighted by Crippen LogP contribution is 2.25. The lowest BCUT2D eigenvalue weighted by Crippen LogP contribution is -2.51. The fourth-order valence-electron chi connectivity index (χ4n) is 2.01. The summed E-state index contributed by atoms with van der Waals surface area (Å²) in [4.78, 5) is 4.56. The molecule has 0 atom stereocenters. The SMILES string of the molecule is CCNC(=NCc1ccc(Cl)cc1Cl)NCC1(C)COC1.I. The fourth-order valence-corrected chi connectivity index (χ4v) is 2.47. The molecule has 1 saturated heterocycles. The molecule has 4 nitrogen and oxygen atoms in total. The third-order valence-corrected chi connectivity index (χ3v) is 3.94. The van der Waals surface area contributed by atoms with Crippen LogP contribution in [0.25, 0.3) is 0 Å². The van der Waals surface area contributed by atoms with Gasteiger partial charge in [0.15, 0.2) is 5.96 Å². The third kappa shape index (κ3) is 5.76. The van der Waals surface area contributed by atoms with E-state index in [1.807, 2.05) is 19.1 Å². The Labute approximate surface area is 159 Å². The van der Waals surface area contributed by atoms with E-state index in [1.165, 1.54) is 0 Å². The molecule has 0 unspecified atom stereocenters. The molecule has 1 aromatic carbocycles. The minimum atomic E-state index is 0. The van der Waals surface area contributed by atoms with Crippen LogP contribution in [0.1, 0.15) is 19.4 Å². The van der Waals surface area contributed by atoms with E-state index in [0.29, 0.717) is 16.6 Å². The first kappa shape index (κ1) is 19.8. The number of benzene rings is 1. The Hall–Kier alpha value is -0.240. The van der Waals surface area contributed by atoms with Crippen molar-refractivity contribution in [1.82, 2.24) is 10.6 Å². The summed E-state index contributed by atoms with van der Waals surface area (Å²) in [6, 6.07) is 5.46. The molecule has 0 saturated carbocycles. The van der Waals surface area contributed by atoms with Crippen molar-refractivity contribution in [3.63, 3.8) is 0 Å². The normalized spacial score (nSPS) is 16.5. The Morgan fingerprint density at radius 3 is 2.59 bits per heavy atom. The van der Waals surface area contributed by atoms with Crippen LogP contribution in [0.5, 0.6) is 0 Å². The fraction of sp³-hybridized carbons (Fsp3) is 0.533. The Balaban J connectivity index is 0.00000242. The lowest BCUT2D eigenvalue weighted by Gasteiger charge is -2.38. The molecule has 1 aliphatic heterocycles. The average molecular weight is 458 g/mol. The zero-order valence-electron chi connectivity index (χ0n) is 12.8. The van der Waals surface area contributed by atoms with E-state index in [0.717, 1.165) is 37.8 Å². The minimum absolute atomic E-state index is 0. The first-order valence-electron chi connectivity index (χ1n) is 7.06. The second-order valence-electron chi connectivity index (χ2n) is 5.59. The standard InChI is InChI=1S/C15H21Cl2N3O.HI/c1-3-18-14(20-8-15(2)9-21-10-15)19-7-11-4-5-12(16)6-13(11)17;/h4-6H,3,7-10H2,1-2H3,(H2,18,19,20);1H. The summed E-state index contributed by atoms with van der Waals surface area (Å²) in [5, 5.41) is 7.86. The molecule has 1 aromatic rings. The lowest BCUT2D eigenvalue weighted by atomic mass is 9.89. The molecule has 0 spiro atoms. The summed E-state index contributed by atoms with van der Waals surface area (Å²) < 4.78 is 5.26. The van der Waals surface area contributed by atoms with Gasteiger partial charge in [0.1, 0.15) is 0 Å². The molecule has 7 heteroatoms. The number of aliphatic imine (C=N–C) groups is 1. The van der Waals surface area contributed by atoms with E-state index in [9.17, 15) is 0 Å². The van der Waals surface area contributed by atoms with Crippen LogP contribution in [0.2, 0.25) is 10.0 Å². The number of nitrogens with zero attached hydrogens (tertiary/aromatic N) is 1. The van der Waals surface area contributed by atoms with Gasteiger partial charge in [-0.2, -0.15) is 0 Å². The van der Waals surface area contributed by atoms with Gasteiger partial charge in [0.05, 0.1) is 19.8 Å². The van der Waals surface area contributed by atoms with Gasteiger partial charge in [-0.1, -0.05) is 36.2 Å². The van der Waals surface area contributed by atoms with Crippen LogP contribution in [0, 0.1) is 5.41 Å². The van der Waals surface area contributed by atoms with E-state index >= 15 is 0 Å². The predicted molar refractivity (Wildman–Crippen MR) is 104 cm³/mol. The molecule has 0 bridgehead atoms. The van der Waals surface area contributed by atoms with Gasteiger partial charge in [-0.25, -0.2) is 4.99 Å². The smallest absolute Gasteiger partial charge is 0.191 e. The van der Waals surface area contributed by atoms with Crippen LogP contribution in [-0.2, 0) is 11.3 Å². The molecule has 22 heavy (non-hydrogen) atoms. The van der Waals surface area contributed by atoms with Crippen molar-refractivity contribution in [2.75, 3.05) is 26.3 Å². The van der Waals surface area contributed by atoms with Gasteiger partial charge in [0, 0.05) is 28.5 Å². The average Bonchev–Trinajstić information content (AvgIpc) is 2.41. The third-order valence-electron chi connectivity index (χ3n) is 3.35. The maximum absolute atomic E-state index is 6.16. The van der Waals surface area contributed by atoms with Crippen LogP contribution in [0.3, 0.4) is 0 Å². The second-order valence-corrected chi connectivity index (χ2v) is 6.43. The number of nitrogens with one attached hydrogen (secondary N) is 2. The van der Waals surface area contributed by atoms with Gasteiger partial charge in [-0.3, -0.25) is 0 Å². The van der Waals surface area contributed by atoms with Crippen molar-refractivity contribution < 1.29 is 4.74 Å². The number of halogens is 3. The zero-order valence-corrected chi connectivity index (χ0v) is 16.6. The Morgan fingerprint density at radius 2 is 2.05 bits per heavy atom. The maximum Gasteiger partial charge on any atom is 0.191 e. The van der Waals surface area contributed by atoms with Crippen LogP contribution < -0.4 is 10.6 Å². The van der Waals surface area contributed by atoms with Crippen LogP contribution in [0.4, 0.5) is 0 Å². The van der Waals surface area contributed by atoms with E-state index in [-0.39, 0.29) is 29.4 Å². The van der Waals surface area contributed by atoms with E-state index < -0.39 is 0 Å². The monoisotopic (exact) mass is 457 g/mol. The Kier molecular flexibility index (Phi) is 8.24. The van der Waals surface area contributed by atoms with Crippen molar-refractivity contribution in [1.29, 1.82) is 0 Å². The molecule has 1 heterocycles. The molecular weight excluding hydrogens is 436 g/mol. The summed E-state index contributed by atoms with van der Waals surface area (Å²) in [6.45, 7) is 7.99. The minimum Gasteiger partial charge on any atom is -0.380 e. The molecule has 1 fully saturated rings. The Morgan fingerprint density at radius 1 is 1.32 bits per heavy atom. The lowest BCUT2D eigenvalue weighted by molar-refractivity contribution is -0.0971. The quantitative estimate of drug-likeness (QED) is 0.402. The van der Waals surface area contributed by atoms with E-state index in [4.69, 9.17) is 27.9 Å². The second kappa shape index (κ2) is 9.15. The zero-order chi connectivity index (χ0) is 15.3. The Bertz CT molecular complexity index is 522. The molecule has 0 radical (unpaired) electrons. The van der Waals surface area contributed by atoms with Crippen molar-refractivity contribution in [2.45, 2.75) is 20.4 Å². The topological polar surface area (TPSA) is 45.7 Å². The van der Waals surface area contributed by atoms with Gasteiger partial charge in [0.25, 0.3) is 0 Å². The summed E-state index contributed by atoms with van der Waals surface area (Å²) in [7, 11) is 0. The van der Waals surface area contributed by atoms with Crippen molar-refractivity contribution in [3.05, 3.63) is 33.8 Å². The van der Waals surface area contributed by atoms with Crippen LogP contribution >= 0.6 is 47.2 Å². The highest BCUT2D eigenvalue weighted by Gasteiger charge is 2.33. The molecule has 124 valence electrons. The summed E-state index contributed by atoms with van der Waals surface area (Å²) in [6.07, 6.45) is 0. The number of rotatable bonds is 5. The van der Waals surface area contributed by atoms with Gasteiger partial charge >= 0.3 is 0 Å². The molecule has 2 N–H and O–H groups in total. The predicted octanol–water partition coefficient (Wildman–Crippen LogP) is 3.70. The summed E-state index contributed by atoms with van der Waals surface area (Å²) >= 11 is 12.1. The molecule has 0 aliphatic carbocycles. The van der Waals surface area contributed by atoms with Crippen molar-refractivity contribution in [2.24, 2.45) is 10.4 Å². The molecule has 2 rings (SSSR count). The maximum atomic E-state index is 6.16. The van der Waals surface area contributed by atoms with E-state index in [1.54, 1.807) is 6.07 Å². The summed E-state index contributed by atoms with van der Waals surface area (Å²) in [5.74, 6) is 0.789. The molecule has 0 aromatic heterocycles. The molecule has 1 aliphatic rings. The van der Waals surface area contributed by atoms with Crippen LogP contribution in [0.15, 0.2) is 23.2 Å². The van der Waals surface area contributed by atoms with Gasteiger partial charge in [-0.05, 0) is 24.6 Å². The number of ether oxygens (including phenoxy) is 1. The van der Waals surface area contributed by atoms with Gasteiger partial charge < -0.3 is 15.4 Å². The number of guanidine groups is 1. The van der Waals surface area contributed by atoms with Crippen molar-refractivity contribution in [3.8, 4) is 0 Å². The number of hydrogen-bond acceptors (Lipinski definition) is 2. The van der Waals surface area contributed by atoms with Crippen LogP contribution in [-0.4, -0.2) is 32.3 Å². The number of hydrogen-bond donors (Lipinski definition) is 2. The van der Waals surface area contributed by atoms with E-state index in [2.05, 4.69) is 22.5 Å².